The molecule has 8 heteroatoms. The number of benzene rings is 3. The first-order chi connectivity index (χ1) is 15.4. The normalized spacial score (nSPS) is 11.4. The molecule has 8 nitrogen and oxygen atoms in total. The van der Waals surface area contributed by atoms with Crippen LogP contribution >= 0.6 is 0 Å². The second-order valence-electron chi connectivity index (χ2n) is 7.17. The Hall–Kier alpha value is -4.20. The molecule has 3 N–H and O–H groups in total. The highest BCUT2D eigenvalue weighted by Gasteiger charge is 2.19. The molecule has 1 atom stereocenters. The second-order valence-corrected chi connectivity index (χ2v) is 7.17. The number of ether oxygens (including phenoxy) is 1. The van der Waals surface area contributed by atoms with E-state index in [4.69, 9.17) is 10.5 Å². The van der Waals surface area contributed by atoms with E-state index in [2.05, 4.69) is 5.32 Å². The Balaban J connectivity index is 1.57. The summed E-state index contributed by atoms with van der Waals surface area (Å²) in [5.41, 5.74) is 7.64. The Labute approximate surface area is 185 Å². The molecule has 3 rings (SSSR count). The van der Waals surface area contributed by atoms with Crippen LogP contribution in [0.15, 0.2) is 78.9 Å². The zero-order chi connectivity index (χ0) is 22.9. The van der Waals surface area contributed by atoms with E-state index in [0.717, 1.165) is 11.1 Å². The molecular formula is C24H23N3O5. The minimum absolute atomic E-state index is 0.0370. The van der Waals surface area contributed by atoms with Crippen molar-refractivity contribution < 1.29 is 19.2 Å². The predicted octanol–water partition coefficient (Wildman–Crippen LogP) is 3.04. The Morgan fingerprint density at radius 2 is 1.69 bits per heavy atom. The van der Waals surface area contributed by atoms with E-state index in [1.165, 1.54) is 12.1 Å². The van der Waals surface area contributed by atoms with Crippen molar-refractivity contribution in [1.82, 2.24) is 5.32 Å². The van der Waals surface area contributed by atoms with Gasteiger partial charge in [0.05, 0.1) is 11.5 Å². The number of primary amides is 1. The number of nitrogens with one attached hydrogen (secondary N) is 1. The van der Waals surface area contributed by atoms with Crippen LogP contribution in [0.1, 0.15) is 21.5 Å². The van der Waals surface area contributed by atoms with Gasteiger partial charge in [0.2, 0.25) is 5.91 Å². The number of nitro groups is 1. The van der Waals surface area contributed by atoms with Gasteiger partial charge in [-0.05, 0) is 29.3 Å². The molecule has 0 saturated heterocycles. The fourth-order valence-corrected chi connectivity index (χ4v) is 3.11. The molecule has 0 bridgehead atoms. The number of amides is 2. The zero-order valence-corrected chi connectivity index (χ0v) is 17.3. The van der Waals surface area contributed by atoms with Crippen LogP contribution in [0.3, 0.4) is 0 Å². The SMILES string of the molecule is NC(=O)C(Cc1ccccc1)NC(=O)c1cccc(OCCc2ccc([N+](=O)[O-])cc2)c1. The van der Waals surface area contributed by atoms with Crippen molar-refractivity contribution >= 4 is 17.5 Å². The van der Waals surface area contributed by atoms with Gasteiger partial charge in [-0.2, -0.15) is 0 Å². The van der Waals surface area contributed by atoms with Crippen LogP contribution in [0.2, 0.25) is 0 Å². The highest BCUT2D eigenvalue weighted by Crippen LogP contribution is 2.16. The average Bonchev–Trinajstić information content (AvgIpc) is 2.80. The van der Waals surface area contributed by atoms with Gasteiger partial charge >= 0.3 is 0 Å². The van der Waals surface area contributed by atoms with Crippen molar-refractivity contribution in [3.05, 3.63) is 106 Å². The Morgan fingerprint density at radius 3 is 2.34 bits per heavy atom. The third kappa shape index (κ3) is 6.40. The molecule has 0 aromatic heterocycles. The van der Waals surface area contributed by atoms with Crippen LogP contribution < -0.4 is 15.8 Å². The summed E-state index contributed by atoms with van der Waals surface area (Å²) in [4.78, 5) is 34.7. The maximum absolute atomic E-state index is 12.7. The molecule has 3 aromatic carbocycles. The minimum Gasteiger partial charge on any atom is -0.493 e. The van der Waals surface area contributed by atoms with Gasteiger partial charge in [-0.1, -0.05) is 48.5 Å². The number of hydrogen-bond donors (Lipinski definition) is 2. The predicted molar refractivity (Wildman–Crippen MR) is 119 cm³/mol. The van der Waals surface area contributed by atoms with Gasteiger partial charge < -0.3 is 15.8 Å². The fraction of sp³-hybridized carbons (Fsp3) is 0.167. The third-order valence-electron chi connectivity index (χ3n) is 4.83. The summed E-state index contributed by atoms with van der Waals surface area (Å²) in [6.07, 6.45) is 0.850. The summed E-state index contributed by atoms with van der Waals surface area (Å²) in [7, 11) is 0. The van der Waals surface area contributed by atoms with Crippen LogP contribution in [-0.4, -0.2) is 29.4 Å². The van der Waals surface area contributed by atoms with Crippen LogP contribution in [-0.2, 0) is 17.6 Å². The van der Waals surface area contributed by atoms with Crippen molar-refractivity contribution in [2.24, 2.45) is 5.73 Å². The van der Waals surface area contributed by atoms with Gasteiger partial charge in [-0.15, -0.1) is 0 Å². The first-order valence-electron chi connectivity index (χ1n) is 10.0. The fourth-order valence-electron chi connectivity index (χ4n) is 3.11. The molecule has 0 aliphatic rings. The van der Waals surface area contributed by atoms with Gasteiger partial charge in [0, 0.05) is 30.5 Å². The number of carbonyl (C=O) groups is 2. The van der Waals surface area contributed by atoms with Gasteiger partial charge in [-0.3, -0.25) is 19.7 Å². The van der Waals surface area contributed by atoms with Gasteiger partial charge in [0.15, 0.2) is 0 Å². The molecule has 0 heterocycles. The lowest BCUT2D eigenvalue weighted by Gasteiger charge is -2.16. The van der Waals surface area contributed by atoms with Crippen molar-refractivity contribution in [3.63, 3.8) is 0 Å². The molecule has 0 radical (unpaired) electrons. The highest BCUT2D eigenvalue weighted by atomic mass is 16.6. The molecule has 0 saturated carbocycles. The molecule has 0 aliphatic heterocycles. The number of nitrogens with two attached hydrogens (primary N) is 1. The van der Waals surface area contributed by atoms with Crippen LogP contribution in [0.4, 0.5) is 5.69 Å². The largest absolute Gasteiger partial charge is 0.493 e. The van der Waals surface area contributed by atoms with Gasteiger partial charge in [-0.25, -0.2) is 0 Å². The van der Waals surface area contributed by atoms with E-state index in [0.29, 0.717) is 30.8 Å². The van der Waals surface area contributed by atoms with Crippen LogP contribution in [0.25, 0.3) is 0 Å². The molecule has 2 amide bonds. The number of carbonyl (C=O) groups excluding carboxylic acids is 2. The summed E-state index contributed by atoms with van der Waals surface area (Å²) >= 11 is 0. The molecule has 3 aromatic rings. The Bertz CT molecular complexity index is 1080. The van der Waals surface area contributed by atoms with E-state index < -0.39 is 22.8 Å². The first kappa shape index (κ1) is 22.5. The maximum atomic E-state index is 12.7. The quantitative estimate of drug-likeness (QED) is 0.376. The summed E-state index contributed by atoms with van der Waals surface area (Å²) in [5.74, 6) is -0.540. The minimum atomic E-state index is -0.836. The number of nitro benzene ring substituents is 1. The monoisotopic (exact) mass is 433 g/mol. The van der Waals surface area contributed by atoms with Crippen molar-refractivity contribution in [1.29, 1.82) is 0 Å². The van der Waals surface area contributed by atoms with E-state index >= 15 is 0 Å². The van der Waals surface area contributed by atoms with E-state index in [1.54, 1.807) is 36.4 Å². The lowest BCUT2D eigenvalue weighted by molar-refractivity contribution is -0.384. The molecule has 1 unspecified atom stereocenters. The number of non-ortho nitro benzene ring substituents is 1. The summed E-state index contributed by atoms with van der Waals surface area (Å²) < 4.78 is 5.72. The zero-order valence-electron chi connectivity index (χ0n) is 17.3. The molecule has 164 valence electrons. The maximum Gasteiger partial charge on any atom is 0.269 e. The van der Waals surface area contributed by atoms with E-state index in [-0.39, 0.29) is 5.69 Å². The Kier molecular flexibility index (Phi) is 7.53. The lowest BCUT2D eigenvalue weighted by Crippen LogP contribution is -2.45. The van der Waals surface area contributed by atoms with Crippen molar-refractivity contribution in [2.45, 2.75) is 18.9 Å². The molecule has 0 aliphatic carbocycles. The third-order valence-corrected chi connectivity index (χ3v) is 4.83. The first-order valence-corrected chi connectivity index (χ1v) is 10.0. The van der Waals surface area contributed by atoms with Crippen molar-refractivity contribution in [2.75, 3.05) is 6.61 Å². The number of hydrogen-bond acceptors (Lipinski definition) is 5. The molecular weight excluding hydrogens is 410 g/mol. The topological polar surface area (TPSA) is 125 Å². The van der Waals surface area contributed by atoms with E-state index in [1.807, 2.05) is 30.3 Å². The van der Waals surface area contributed by atoms with Crippen molar-refractivity contribution in [3.8, 4) is 5.75 Å². The molecule has 32 heavy (non-hydrogen) atoms. The van der Waals surface area contributed by atoms with Gasteiger partial charge in [0.25, 0.3) is 11.6 Å². The standard InChI is InChI=1S/C24H23N3O5/c25-23(28)22(15-18-5-2-1-3-6-18)26-24(29)19-7-4-8-21(16-19)32-14-13-17-9-11-20(12-10-17)27(30)31/h1-12,16,22H,13-15H2,(H2,25,28)(H,26,29). The number of nitrogens with zero attached hydrogens (tertiary/aromatic N) is 1. The lowest BCUT2D eigenvalue weighted by atomic mass is 10.0. The summed E-state index contributed by atoms with van der Waals surface area (Å²) in [6, 6.07) is 21.4. The second kappa shape index (κ2) is 10.7. The highest BCUT2D eigenvalue weighted by molar-refractivity contribution is 5.97. The summed E-state index contributed by atoms with van der Waals surface area (Å²) in [6.45, 7) is 0.334. The van der Waals surface area contributed by atoms with Crippen LogP contribution in [0, 0.1) is 10.1 Å². The van der Waals surface area contributed by atoms with Gasteiger partial charge in [0.1, 0.15) is 11.8 Å². The number of rotatable bonds is 10. The van der Waals surface area contributed by atoms with Crippen LogP contribution in [0.5, 0.6) is 5.75 Å². The molecule has 0 spiro atoms. The average molecular weight is 433 g/mol. The van der Waals surface area contributed by atoms with E-state index in [9.17, 15) is 19.7 Å². The Morgan fingerprint density at radius 1 is 0.969 bits per heavy atom. The molecule has 0 fully saturated rings. The smallest absolute Gasteiger partial charge is 0.269 e. The summed E-state index contributed by atoms with van der Waals surface area (Å²) in [5, 5.41) is 13.4.